The van der Waals surface area contributed by atoms with Crippen molar-refractivity contribution in [2.75, 3.05) is 20.2 Å². The fraction of sp³-hybridized carbons (Fsp3) is 0.286. The Bertz CT molecular complexity index is 945. The first-order chi connectivity index (χ1) is 13.3. The normalized spacial score (nSPS) is 11.8. The molecule has 2 aromatic carbocycles. The van der Waals surface area contributed by atoms with E-state index in [9.17, 15) is 13.2 Å². The van der Waals surface area contributed by atoms with Crippen LogP contribution in [-0.4, -0.2) is 38.9 Å². The van der Waals surface area contributed by atoms with Crippen molar-refractivity contribution < 1.29 is 22.7 Å². The number of nitrogens with zero attached hydrogens (tertiary/aromatic N) is 1. The second-order valence-corrected chi connectivity index (χ2v) is 8.01. The highest BCUT2D eigenvalue weighted by atomic mass is 32.2. The maximum Gasteiger partial charge on any atom is 0.336 e. The number of sulfonamides is 1. The third-order valence-corrected chi connectivity index (χ3v) is 6.23. The molecule has 28 heavy (non-hydrogen) atoms. The number of ether oxygens (including phenoxy) is 2. The molecule has 0 N–H and O–H groups in total. The minimum Gasteiger partial charge on any atom is -0.493 e. The van der Waals surface area contributed by atoms with Gasteiger partial charge in [-0.05, 0) is 48.4 Å². The molecule has 0 aromatic heterocycles. The third kappa shape index (κ3) is 5.21. The molecule has 0 saturated carbocycles. The molecule has 0 amide bonds. The van der Waals surface area contributed by atoms with Crippen molar-refractivity contribution in [2.45, 2.75) is 25.7 Å². The van der Waals surface area contributed by atoms with Crippen LogP contribution in [0.25, 0.3) is 6.08 Å². The largest absolute Gasteiger partial charge is 0.493 e. The van der Waals surface area contributed by atoms with Crippen LogP contribution in [0, 0.1) is 6.92 Å². The summed E-state index contributed by atoms with van der Waals surface area (Å²) in [6.07, 6.45) is 2.85. The second kappa shape index (κ2) is 9.52. The topological polar surface area (TPSA) is 72.9 Å². The van der Waals surface area contributed by atoms with Gasteiger partial charge in [-0.3, -0.25) is 0 Å². The average molecular weight is 404 g/mol. The van der Waals surface area contributed by atoms with Crippen LogP contribution in [0.4, 0.5) is 0 Å². The predicted molar refractivity (Wildman–Crippen MR) is 109 cm³/mol. The molecule has 2 aromatic rings. The molecule has 0 fully saturated rings. The Morgan fingerprint density at radius 1 is 1.04 bits per heavy atom. The molecule has 0 bridgehead atoms. The first kappa shape index (κ1) is 21.7. The highest BCUT2D eigenvalue weighted by Gasteiger charge is 2.20. The van der Waals surface area contributed by atoms with Crippen molar-refractivity contribution in [2.24, 2.45) is 0 Å². The summed E-state index contributed by atoms with van der Waals surface area (Å²) in [4.78, 5) is 12.3. The van der Waals surface area contributed by atoms with E-state index in [0.29, 0.717) is 30.2 Å². The van der Waals surface area contributed by atoms with E-state index in [0.717, 1.165) is 5.56 Å². The van der Waals surface area contributed by atoms with Crippen LogP contribution in [0.15, 0.2) is 53.4 Å². The van der Waals surface area contributed by atoms with Crippen molar-refractivity contribution in [3.05, 3.63) is 59.7 Å². The van der Waals surface area contributed by atoms with E-state index < -0.39 is 16.0 Å². The summed E-state index contributed by atoms with van der Waals surface area (Å²) in [5.41, 5.74) is 1.68. The lowest BCUT2D eigenvalue weighted by Gasteiger charge is -2.18. The summed E-state index contributed by atoms with van der Waals surface area (Å²) >= 11 is 0. The van der Waals surface area contributed by atoms with Gasteiger partial charge in [-0.25, -0.2) is 13.2 Å². The second-order valence-electron chi connectivity index (χ2n) is 6.07. The highest BCUT2D eigenvalue weighted by molar-refractivity contribution is 7.89. The smallest absolute Gasteiger partial charge is 0.336 e. The van der Waals surface area contributed by atoms with E-state index in [1.54, 1.807) is 44.2 Å². The molecular weight excluding hydrogens is 378 g/mol. The molecule has 0 aliphatic heterocycles. The van der Waals surface area contributed by atoms with Gasteiger partial charge < -0.3 is 9.47 Å². The fourth-order valence-electron chi connectivity index (χ4n) is 2.63. The maximum atomic E-state index is 12.5. The molecule has 0 radical (unpaired) electrons. The summed E-state index contributed by atoms with van der Waals surface area (Å²) in [6.45, 7) is 6.33. The Morgan fingerprint density at radius 3 is 2.25 bits per heavy atom. The fourth-order valence-corrected chi connectivity index (χ4v) is 4.09. The number of benzene rings is 2. The quantitative estimate of drug-likeness (QED) is 0.382. The lowest BCUT2D eigenvalue weighted by atomic mass is 10.2. The molecular formula is C21H25NO5S. The Kier molecular flexibility index (Phi) is 7.37. The molecule has 0 atom stereocenters. The Hall–Kier alpha value is -2.64. The Balaban J connectivity index is 2.10. The van der Waals surface area contributed by atoms with Gasteiger partial charge in [-0.15, -0.1) is 0 Å². The number of hydrogen-bond acceptors (Lipinski definition) is 5. The van der Waals surface area contributed by atoms with Crippen LogP contribution in [0.2, 0.25) is 0 Å². The SMILES string of the molecule is CCN(CC)S(=O)(=O)c1ccc(/C=C/C(=O)Oc2ccc(C)cc2OC)cc1. The minimum absolute atomic E-state index is 0.223. The predicted octanol–water partition coefficient (Wildman–Crippen LogP) is 3.65. The van der Waals surface area contributed by atoms with Crippen molar-refractivity contribution in [1.82, 2.24) is 4.31 Å². The van der Waals surface area contributed by atoms with Gasteiger partial charge in [0.05, 0.1) is 12.0 Å². The van der Waals surface area contributed by atoms with Crippen molar-refractivity contribution in [3.63, 3.8) is 0 Å². The van der Waals surface area contributed by atoms with E-state index in [-0.39, 0.29) is 4.90 Å². The molecule has 0 saturated heterocycles. The molecule has 150 valence electrons. The van der Waals surface area contributed by atoms with Crippen LogP contribution in [0.5, 0.6) is 11.5 Å². The zero-order valence-corrected chi connectivity index (χ0v) is 17.3. The van der Waals surface area contributed by atoms with Gasteiger partial charge >= 0.3 is 5.97 Å². The summed E-state index contributed by atoms with van der Waals surface area (Å²) in [6, 6.07) is 11.6. The van der Waals surface area contributed by atoms with Crippen LogP contribution < -0.4 is 9.47 Å². The standard InChI is InChI=1S/C21H25NO5S/c1-5-22(6-2)28(24,25)18-11-8-17(9-12-18)10-14-21(23)27-19-13-7-16(3)15-20(19)26-4/h7-15H,5-6H2,1-4H3/b14-10+. The molecule has 0 heterocycles. The number of methoxy groups -OCH3 is 1. The van der Waals surface area contributed by atoms with Crippen molar-refractivity contribution in [1.29, 1.82) is 0 Å². The first-order valence-corrected chi connectivity index (χ1v) is 10.4. The van der Waals surface area contributed by atoms with Crippen LogP contribution >= 0.6 is 0 Å². The lowest BCUT2D eigenvalue weighted by Crippen LogP contribution is -2.30. The van der Waals surface area contributed by atoms with Gasteiger partial charge in [0.1, 0.15) is 0 Å². The van der Waals surface area contributed by atoms with Gasteiger partial charge in [-0.2, -0.15) is 4.31 Å². The van der Waals surface area contributed by atoms with Gasteiger partial charge in [0.15, 0.2) is 11.5 Å². The number of carbonyl (C=O) groups is 1. The molecule has 2 rings (SSSR count). The summed E-state index contributed by atoms with van der Waals surface area (Å²) in [7, 11) is -1.99. The van der Waals surface area contributed by atoms with E-state index in [2.05, 4.69) is 0 Å². The highest BCUT2D eigenvalue weighted by Crippen LogP contribution is 2.28. The molecule has 0 spiro atoms. The molecule has 6 nitrogen and oxygen atoms in total. The monoisotopic (exact) mass is 403 g/mol. The molecule has 0 aliphatic carbocycles. The average Bonchev–Trinajstić information content (AvgIpc) is 2.68. The molecule has 0 aliphatic rings. The maximum absolute atomic E-state index is 12.5. The first-order valence-electron chi connectivity index (χ1n) is 8.96. The van der Waals surface area contributed by atoms with Gasteiger partial charge in [-0.1, -0.05) is 32.0 Å². The van der Waals surface area contributed by atoms with E-state index in [1.807, 2.05) is 13.0 Å². The lowest BCUT2D eigenvalue weighted by molar-refractivity contribution is -0.129. The zero-order valence-electron chi connectivity index (χ0n) is 16.5. The van der Waals surface area contributed by atoms with Gasteiger partial charge in [0.25, 0.3) is 0 Å². The molecule has 7 heteroatoms. The summed E-state index contributed by atoms with van der Waals surface area (Å²) < 4.78 is 36.9. The van der Waals surface area contributed by atoms with Gasteiger partial charge in [0, 0.05) is 19.2 Å². The molecule has 0 unspecified atom stereocenters. The summed E-state index contributed by atoms with van der Waals surface area (Å²) in [5.74, 6) is 0.262. The van der Waals surface area contributed by atoms with Gasteiger partial charge in [0.2, 0.25) is 10.0 Å². The number of hydrogen-bond donors (Lipinski definition) is 0. The van der Waals surface area contributed by atoms with Crippen LogP contribution in [0.3, 0.4) is 0 Å². The summed E-state index contributed by atoms with van der Waals surface area (Å²) in [5, 5.41) is 0. The van der Waals surface area contributed by atoms with E-state index in [1.165, 1.54) is 29.6 Å². The van der Waals surface area contributed by atoms with E-state index in [4.69, 9.17) is 9.47 Å². The number of aryl methyl sites for hydroxylation is 1. The number of carbonyl (C=O) groups excluding carboxylic acids is 1. The Morgan fingerprint density at radius 2 is 1.68 bits per heavy atom. The van der Waals surface area contributed by atoms with E-state index >= 15 is 0 Å². The van der Waals surface area contributed by atoms with Crippen LogP contribution in [0.1, 0.15) is 25.0 Å². The number of esters is 1. The Labute approximate surface area is 166 Å². The van der Waals surface area contributed by atoms with Crippen molar-refractivity contribution in [3.8, 4) is 11.5 Å². The third-order valence-electron chi connectivity index (χ3n) is 4.16. The van der Waals surface area contributed by atoms with Crippen molar-refractivity contribution >= 4 is 22.1 Å². The number of rotatable bonds is 8. The minimum atomic E-state index is -3.50. The van der Waals surface area contributed by atoms with Crippen LogP contribution in [-0.2, 0) is 14.8 Å². The zero-order chi connectivity index (χ0) is 20.7.